The lowest BCUT2D eigenvalue weighted by Crippen LogP contribution is -2.03. The molecule has 0 fully saturated rings. The molecule has 92 valence electrons. The normalized spacial score (nSPS) is 10.1. The molecule has 2 rings (SSSR count). The summed E-state index contributed by atoms with van der Waals surface area (Å²) in [6.07, 6.45) is -1.48. The Balaban J connectivity index is 2.35. The average Bonchev–Trinajstić information content (AvgIpc) is 2.30. The van der Waals surface area contributed by atoms with Crippen molar-refractivity contribution in [3.63, 3.8) is 0 Å². The number of hydrogen-bond donors (Lipinski definition) is 1. The van der Waals surface area contributed by atoms with Crippen molar-refractivity contribution in [2.45, 2.75) is 0 Å². The van der Waals surface area contributed by atoms with Crippen LogP contribution >= 0.6 is 11.6 Å². The lowest BCUT2D eigenvalue weighted by Gasteiger charge is -2.05. The molecule has 0 aromatic heterocycles. The molecule has 0 aliphatic carbocycles. The number of benzene rings is 2. The monoisotopic (exact) mass is 266 g/mol. The van der Waals surface area contributed by atoms with E-state index in [0.29, 0.717) is 16.1 Å². The van der Waals surface area contributed by atoms with E-state index in [0.717, 1.165) is 6.07 Å². The van der Waals surface area contributed by atoms with E-state index >= 15 is 0 Å². The molecule has 5 heteroatoms. The van der Waals surface area contributed by atoms with Crippen LogP contribution in [0.4, 0.5) is 9.18 Å². The van der Waals surface area contributed by atoms with Gasteiger partial charge in [0, 0.05) is 16.7 Å². The van der Waals surface area contributed by atoms with Crippen LogP contribution in [0.1, 0.15) is 0 Å². The van der Waals surface area contributed by atoms with E-state index in [4.69, 9.17) is 16.7 Å². The van der Waals surface area contributed by atoms with Gasteiger partial charge in [-0.05, 0) is 29.8 Å². The topological polar surface area (TPSA) is 46.5 Å². The second kappa shape index (κ2) is 5.06. The summed E-state index contributed by atoms with van der Waals surface area (Å²) in [7, 11) is 0. The molecule has 0 spiro atoms. The third-order valence-corrected chi connectivity index (χ3v) is 2.55. The van der Waals surface area contributed by atoms with E-state index in [1.165, 1.54) is 12.1 Å². The average molecular weight is 267 g/mol. The molecule has 0 heterocycles. The van der Waals surface area contributed by atoms with Crippen LogP contribution in [-0.4, -0.2) is 11.3 Å². The van der Waals surface area contributed by atoms with E-state index < -0.39 is 12.0 Å². The first-order valence-electron chi connectivity index (χ1n) is 5.02. The van der Waals surface area contributed by atoms with Crippen LogP contribution in [-0.2, 0) is 0 Å². The minimum atomic E-state index is -1.48. The van der Waals surface area contributed by atoms with Gasteiger partial charge in [0.1, 0.15) is 11.6 Å². The summed E-state index contributed by atoms with van der Waals surface area (Å²) < 4.78 is 18.1. The van der Waals surface area contributed by atoms with Gasteiger partial charge in [-0.15, -0.1) is 0 Å². The molecular formula is C13H8ClFO3. The van der Waals surface area contributed by atoms with Crippen molar-refractivity contribution in [2.24, 2.45) is 0 Å². The summed E-state index contributed by atoms with van der Waals surface area (Å²) in [5.41, 5.74) is 1.00. The second-order valence-corrected chi connectivity index (χ2v) is 3.95. The number of halogens is 2. The highest BCUT2D eigenvalue weighted by molar-refractivity contribution is 6.30. The zero-order chi connectivity index (χ0) is 13.1. The van der Waals surface area contributed by atoms with Crippen LogP contribution in [0.2, 0.25) is 5.02 Å². The lowest BCUT2D eigenvalue weighted by molar-refractivity contribution is 0.144. The Bertz CT molecular complexity index is 581. The second-order valence-electron chi connectivity index (χ2n) is 3.52. The maximum Gasteiger partial charge on any atom is 0.511 e. The van der Waals surface area contributed by atoms with Crippen LogP contribution < -0.4 is 4.74 Å². The molecule has 18 heavy (non-hydrogen) atoms. The molecular weight excluding hydrogens is 259 g/mol. The minimum absolute atomic E-state index is 0.0577. The Hall–Kier alpha value is -2.07. The van der Waals surface area contributed by atoms with Crippen molar-refractivity contribution in [2.75, 3.05) is 0 Å². The zero-order valence-electron chi connectivity index (χ0n) is 9.06. The van der Waals surface area contributed by atoms with Gasteiger partial charge in [-0.3, -0.25) is 0 Å². The van der Waals surface area contributed by atoms with Crippen molar-refractivity contribution in [3.8, 4) is 16.9 Å². The highest BCUT2D eigenvalue weighted by Gasteiger charge is 2.08. The number of hydrogen-bond acceptors (Lipinski definition) is 2. The summed E-state index contributed by atoms with van der Waals surface area (Å²) in [5.74, 6) is -0.617. The number of carboxylic acid groups (broad SMARTS) is 1. The standard InChI is InChI=1S/C13H8ClFO3/c14-9-3-1-8(2-4-9)11-6-5-10(7-12(11)15)18-13(16)17/h1-7H,(H,16,17). The predicted molar refractivity (Wildman–Crippen MR) is 65.5 cm³/mol. The fourth-order valence-corrected chi connectivity index (χ4v) is 1.65. The Morgan fingerprint density at radius 2 is 1.83 bits per heavy atom. The summed E-state index contributed by atoms with van der Waals surface area (Å²) in [6, 6.07) is 10.5. The van der Waals surface area contributed by atoms with Crippen LogP contribution in [0, 0.1) is 5.82 Å². The smallest absolute Gasteiger partial charge is 0.449 e. The van der Waals surface area contributed by atoms with Gasteiger partial charge < -0.3 is 9.84 Å². The van der Waals surface area contributed by atoms with E-state index in [1.807, 2.05) is 0 Å². The van der Waals surface area contributed by atoms with Gasteiger partial charge in [-0.2, -0.15) is 0 Å². The molecule has 0 amide bonds. The Kier molecular flexibility index (Phi) is 3.48. The largest absolute Gasteiger partial charge is 0.511 e. The molecule has 1 N–H and O–H groups in total. The summed E-state index contributed by atoms with van der Waals surface area (Å²) in [4.78, 5) is 10.3. The molecule has 0 saturated heterocycles. The quantitative estimate of drug-likeness (QED) is 0.654. The van der Waals surface area contributed by atoms with Gasteiger partial charge in [0.25, 0.3) is 0 Å². The SMILES string of the molecule is O=C(O)Oc1ccc(-c2ccc(Cl)cc2)c(F)c1. The number of ether oxygens (including phenoxy) is 1. The molecule has 0 aliphatic heterocycles. The van der Waals surface area contributed by atoms with E-state index in [2.05, 4.69) is 4.74 Å². The van der Waals surface area contributed by atoms with Crippen LogP contribution in [0.25, 0.3) is 11.1 Å². The maximum atomic E-state index is 13.8. The highest BCUT2D eigenvalue weighted by atomic mass is 35.5. The predicted octanol–water partition coefficient (Wildman–Crippen LogP) is 4.20. The van der Waals surface area contributed by atoms with Gasteiger partial charge in [0.05, 0.1) is 0 Å². The highest BCUT2D eigenvalue weighted by Crippen LogP contribution is 2.27. The third-order valence-electron chi connectivity index (χ3n) is 2.30. The Morgan fingerprint density at radius 1 is 1.17 bits per heavy atom. The molecule has 2 aromatic carbocycles. The molecule has 0 radical (unpaired) electrons. The molecule has 0 saturated carbocycles. The summed E-state index contributed by atoms with van der Waals surface area (Å²) in [5, 5.41) is 8.98. The van der Waals surface area contributed by atoms with Crippen molar-refractivity contribution in [1.82, 2.24) is 0 Å². The molecule has 2 aromatic rings. The molecule has 0 unspecified atom stereocenters. The third kappa shape index (κ3) is 2.78. The summed E-state index contributed by atoms with van der Waals surface area (Å²) in [6.45, 7) is 0. The van der Waals surface area contributed by atoms with Crippen molar-refractivity contribution in [1.29, 1.82) is 0 Å². The van der Waals surface area contributed by atoms with Crippen LogP contribution in [0.3, 0.4) is 0 Å². The Labute approximate surface area is 107 Å². The fraction of sp³-hybridized carbons (Fsp3) is 0. The molecule has 3 nitrogen and oxygen atoms in total. The first-order chi connectivity index (χ1) is 8.56. The van der Waals surface area contributed by atoms with Crippen LogP contribution in [0.15, 0.2) is 42.5 Å². The van der Waals surface area contributed by atoms with Gasteiger partial charge >= 0.3 is 6.16 Å². The Morgan fingerprint density at radius 3 is 2.39 bits per heavy atom. The van der Waals surface area contributed by atoms with E-state index in [-0.39, 0.29) is 5.75 Å². The first-order valence-corrected chi connectivity index (χ1v) is 5.40. The first kappa shape index (κ1) is 12.4. The molecule has 0 atom stereocenters. The van der Waals surface area contributed by atoms with Gasteiger partial charge in [-0.25, -0.2) is 9.18 Å². The summed E-state index contributed by atoms with van der Waals surface area (Å²) >= 11 is 5.74. The van der Waals surface area contributed by atoms with Gasteiger partial charge in [0.15, 0.2) is 0 Å². The van der Waals surface area contributed by atoms with E-state index in [1.54, 1.807) is 24.3 Å². The van der Waals surface area contributed by atoms with Crippen LogP contribution in [0.5, 0.6) is 5.75 Å². The number of carbonyl (C=O) groups is 1. The van der Waals surface area contributed by atoms with Crippen molar-refractivity contribution >= 4 is 17.8 Å². The minimum Gasteiger partial charge on any atom is -0.449 e. The number of rotatable bonds is 2. The molecule has 0 bridgehead atoms. The van der Waals surface area contributed by atoms with Gasteiger partial charge in [-0.1, -0.05) is 23.7 Å². The molecule has 0 aliphatic rings. The fourth-order valence-electron chi connectivity index (χ4n) is 1.52. The van der Waals surface area contributed by atoms with Crippen molar-refractivity contribution < 1.29 is 19.0 Å². The van der Waals surface area contributed by atoms with E-state index in [9.17, 15) is 9.18 Å². The van der Waals surface area contributed by atoms with Gasteiger partial charge in [0.2, 0.25) is 0 Å². The zero-order valence-corrected chi connectivity index (χ0v) is 9.82. The maximum absolute atomic E-state index is 13.8. The lowest BCUT2D eigenvalue weighted by atomic mass is 10.1. The van der Waals surface area contributed by atoms with Crippen molar-refractivity contribution in [3.05, 3.63) is 53.3 Å².